The van der Waals surface area contributed by atoms with Crippen LogP contribution in [0, 0.1) is 23.5 Å². The van der Waals surface area contributed by atoms with Crippen LogP contribution in [0.4, 0.5) is 8.78 Å². The fourth-order valence-corrected chi connectivity index (χ4v) is 6.51. The molecule has 3 N–H and O–H groups in total. The molecule has 3 amide bonds. The molecular formula is C36H42F2N4O4. The van der Waals surface area contributed by atoms with E-state index in [2.05, 4.69) is 10.6 Å². The quantitative estimate of drug-likeness (QED) is 0.268. The Kier molecular flexibility index (Phi) is 11.1. The van der Waals surface area contributed by atoms with Crippen molar-refractivity contribution in [3.8, 4) is 0 Å². The molecule has 2 fully saturated rings. The second-order valence-corrected chi connectivity index (χ2v) is 12.3. The summed E-state index contributed by atoms with van der Waals surface area (Å²) in [5, 5.41) is 17.7. The van der Waals surface area contributed by atoms with Crippen LogP contribution in [-0.4, -0.2) is 77.0 Å². The van der Waals surface area contributed by atoms with Gasteiger partial charge >= 0.3 is 0 Å². The Labute approximate surface area is 268 Å². The summed E-state index contributed by atoms with van der Waals surface area (Å²) < 4.78 is 28.4. The van der Waals surface area contributed by atoms with Gasteiger partial charge in [0.25, 0.3) is 0 Å². The fraction of sp³-hybridized carbons (Fsp3) is 0.417. The number of halogens is 2. The Morgan fingerprint density at radius 1 is 0.935 bits per heavy atom. The van der Waals surface area contributed by atoms with Crippen LogP contribution in [0.5, 0.6) is 0 Å². The predicted octanol–water partition coefficient (Wildman–Crippen LogP) is 3.47. The van der Waals surface area contributed by atoms with Crippen LogP contribution in [0.3, 0.4) is 0 Å². The van der Waals surface area contributed by atoms with Gasteiger partial charge in [0.2, 0.25) is 17.7 Å². The second-order valence-electron chi connectivity index (χ2n) is 12.3. The molecule has 2 aliphatic rings. The SMILES string of the molecule is CCCCN1CC(C(=O)N[C@@H](Cc2cc(F)cc(F)c2)[C@H](O)[C@@H]2NCCN(Cc3ccccc3)C2=O)[C@@H](Cc2ccccc2)C1=O. The number of hydrogen-bond donors (Lipinski definition) is 3. The average Bonchev–Trinajstić information content (AvgIpc) is 3.35. The number of nitrogens with zero attached hydrogens (tertiary/aromatic N) is 2. The third-order valence-electron chi connectivity index (χ3n) is 8.95. The maximum Gasteiger partial charge on any atom is 0.242 e. The summed E-state index contributed by atoms with van der Waals surface area (Å²) in [6, 6.07) is 19.9. The maximum atomic E-state index is 14.2. The van der Waals surface area contributed by atoms with Crippen molar-refractivity contribution < 1.29 is 28.3 Å². The number of nitrogens with one attached hydrogen (secondary N) is 2. The molecule has 0 aliphatic carbocycles. The van der Waals surface area contributed by atoms with E-state index in [-0.39, 0.29) is 30.3 Å². The minimum atomic E-state index is -1.43. The lowest BCUT2D eigenvalue weighted by Gasteiger charge is -2.38. The van der Waals surface area contributed by atoms with Crippen molar-refractivity contribution in [2.24, 2.45) is 11.8 Å². The number of likely N-dealkylation sites (tertiary alicyclic amines) is 1. The lowest BCUT2D eigenvalue weighted by Crippen LogP contribution is -2.64. The zero-order chi connectivity index (χ0) is 32.6. The summed E-state index contributed by atoms with van der Waals surface area (Å²) in [5.41, 5.74) is 2.09. The van der Waals surface area contributed by atoms with Gasteiger partial charge < -0.3 is 25.5 Å². The van der Waals surface area contributed by atoms with E-state index in [1.165, 1.54) is 0 Å². The molecule has 0 spiro atoms. The molecule has 2 heterocycles. The van der Waals surface area contributed by atoms with Crippen molar-refractivity contribution in [3.63, 3.8) is 0 Å². The third-order valence-corrected chi connectivity index (χ3v) is 8.95. The Morgan fingerprint density at radius 2 is 1.59 bits per heavy atom. The number of unbranched alkanes of at least 4 members (excludes halogenated alkanes) is 1. The highest BCUT2D eigenvalue weighted by molar-refractivity contribution is 5.91. The summed E-state index contributed by atoms with van der Waals surface area (Å²) in [6.45, 7) is 4.01. The van der Waals surface area contributed by atoms with E-state index in [0.717, 1.165) is 42.2 Å². The van der Waals surface area contributed by atoms with Gasteiger partial charge in [0.15, 0.2) is 0 Å². The van der Waals surface area contributed by atoms with E-state index in [1.54, 1.807) is 9.80 Å². The van der Waals surface area contributed by atoms with Crippen LogP contribution in [0.1, 0.15) is 36.5 Å². The first kappa shape index (κ1) is 33.2. The molecule has 5 rings (SSSR count). The Morgan fingerprint density at radius 3 is 2.24 bits per heavy atom. The van der Waals surface area contributed by atoms with E-state index < -0.39 is 47.6 Å². The van der Waals surface area contributed by atoms with Gasteiger partial charge in [-0.25, -0.2) is 8.78 Å². The Balaban J connectivity index is 1.39. The van der Waals surface area contributed by atoms with Crippen molar-refractivity contribution in [1.82, 2.24) is 20.4 Å². The zero-order valence-corrected chi connectivity index (χ0v) is 26.1. The predicted molar refractivity (Wildman–Crippen MR) is 170 cm³/mol. The smallest absolute Gasteiger partial charge is 0.242 e. The lowest BCUT2D eigenvalue weighted by molar-refractivity contribution is -0.141. The highest BCUT2D eigenvalue weighted by atomic mass is 19.1. The van der Waals surface area contributed by atoms with Crippen molar-refractivity contribution in [2.75, 3.05) is 26.2 Å². The molecule has 244 valence electrons. The highest BCUT2D eigenvalue weighted by Gasteiger charge is 2.45. The Bertz CT molecular complexity index is 1470. The lowest BCUT2D eigenvalue weighted by atomic mass is 9.87. The maximum absolute atomic E-state index is 14.2. The van der Waals surface area contributed by atoms with E-state index in [4.69, 9.17) is 0 Å². The van der Waals surface area contributed by atoms with Crippen LogP contribution in [0.25, 0.3) is 0 Å². The summed E-state index contributed by atoms with van der Waals surface area (Å²) >= 11 is 0. The second kappa shape index (κ2) is 15.4. The number of aliphatic hydroxyl groups excluding tert-OH is 1. The van der Waals surface area contributed by atoms with Crippen molar-refractivity contribution in [2.45, 2.75) is 57.3 Å². The minimum Gasteiger partial charge on any atom is -0.389 e. The number of carbonyl (C=O) groups is 3. The molecule has 0 radical (unpaired) electrons. The molecule has 0 aromatic heterocycles. The van der Waals surface area contributed by atoms with E-state index in [0.29, 0.717) is 32.6 Å². The molecular weight excluding hydrogens is 590 g/mol. The molecule has 3 aromatic carbocycles. The molecule has 10 heteroatoms. The largest absolute Gasteiger partial charge is 0.389 e. The van der Waals surface area contributed by atoms with Crippen molar-refractivity contribution in [1.29, 1.82) is 0 Å². The summed E-state index contributed by atoms with van der Waals surface area (Å²) in [4.78, 5) is 44.6. The third kappa shape index (κ3) is 8.16. The van der Waals surface area contributed by atoms with Gasteiger partial charge in [-0.05, 0) is 48.1 Å². The van der Waals surface area contributed by atoms with Crippen LogP contribution in [0.15, 0.2) is 78.9 Å². The first-order valence-electron chi connectivity index (χ1n) is 16.1. The van der Waals surface area contributed by atoms with Crippen LogP contribution < -0.4 is 10.6 Å². The molecule has 8 nitrogen and oxygen atoms in total. The van der Waals surface area contributed by atoms with Gasteiger partial charge in [-0.2, -0.15) is 0 Å². The molecule has 0 saturated carbocycles. The van der Waals surface area contributed by atoms with Crippen LogP contribution in [0.2, 0.25) is 0 Å². The summed E-state index contributed by atoms with van der Waals surface area (Å²) in [7, 11) is 0. The minimum absolute atomic E-state index is 0.0950. The fourth-order valence-electron chi connectivity index (χ4n) is 6.51. The van der Waals surface area contributed by atoms with Crippen LogP contribution in [-0.2, 0) is 33.8 Å². The number of piperazine rings is 1. The highest BCUT2D eigenvalue weighted by Crippen LogP contribution is 2.30. The molecule has 46 heavy (non-hydrogen) atoms. The Hall–Kier alpha value is -4.15. The van der Waals surface area contributed by atoms with Crippen molar-refractivity contribution >= 4 is 17.7 Å². The average molecular weight is 633 g/mol. The zero-order valence-electron chi connectivity index (χ0n) is 26.1. The molecule has 1 unspecified atom stereocenters. The summed E-state index contributed by atoms with van der Waals surface area (Å²) in [6.07, 6.45) is 0.517. The number of aliphatic hydroxyl groups is 1. The van der Waals surface area contributed by atoms with Crippen molar-refractivity contribution in [3.05, 3.63) is 107 Å². The number of amides is 3. The summed E-state index contributed by atoms with van der Waals surface area (Å²) in [5.74, 6) is -3.78. The molecule has 0 bridgehead atoms. The number of hydrogen-bond acceptors (Lipinski definition) is 5. The number of benzene rings is 3. The van der Waals surface area contributed by atoms with E-state index >= 15 is 0 Å². The normalized spacial score (nSPS) is 21.3. The topological polar surface area (TPSA) is 102 Å². The van der Waals surface area contributed by atoms with Gasteiger partial charge in [-0.3, -0.25) is 14.4 Å². The van der Waals surface area contributed by atoms with Crippen LogP contribution >= 0.6 is 0 Å². The van der Waals surface area contributed by atoms with E-state index in [1.807, 2.05) is 67.6 Å². The first-order chi connectivity index (χ1) is 22.2. The molecule has 2 saturated heterocycles. The standard InChI is InChI=1S/C36H42F2N4O4/c1-2-3-15-41-23-30(29(35(41)45)19-24-10-6-4-7-11-24)34(44)40-31(20-26-17-27(37)21-28(38)18-26)33(43)32-36(46)42(16-14-39-32)22-25-12-8-5-9-13-25/h4-13,17-18,21,29-33,39,43H,2-3,14-16,19-20,22-23H2,1H3,(H,40,44)/t29-,30?,31+,32+,33+/m1/s1. The van der Waals surface area contributed by atoms with Gasteiger partial charge in [-0.1, -0.05) is 74.0 Å². The number of carbonyl (C=O) groups excluding carboxylic acids is 3. The molecule has 5 atom stereocenters. The van der Waals surface area contributed by atoms with E-state index in [9.17, 15) is 28.3 Å². The van der Waals surface area contributed by atoms with Gasteiger partial charge in [0.05, 0.1) is 24.0 Å². The van der Waals surface area contributed by atoms with Gasteiger partial charge in [0, 0.05) is 38.8 Å². The number of rotatable bonds is 13. The molecule has 2 aliphatic heterocycles. The van der Waals surface area contributed by atoms with Gasteiger partial charge in [-0.15, -0.1) is 0 Å². The van der Waals surface area contributed by atoms with Gasteiger partial charge in [0.1, 0.15) is 17.7 Å². The monoisotopic (exact) mass is 632 g/mol. The molecule has 3 aromatic rings. The first-order valence-corrected chi connectivity index (χ1v) is 16.1.